The highest BCUT2D eigenvalue weighted by atomic mass is 32.2. The fourth-order valence-electron chi connectivity index (χ4n) is 2.07. The number of pyridine rings is 1. The molecule has 23 heavy (non-hydrogen) atoms. The van der Waals surface area contributed by atoms with Gasteiger partial charge in [-0.2, -0.15) is 0 Å². The lowest BCUT2D eigenvalue weighted by molar-refractivity contribution is 0.622. The molecule has 0 fully saturated rings. The molecule has 1 heterocycles. The first-order chi connectivity index (χ1) is 11.1. The number of nitrogens with one attached hydrogen (secondary N) is 2. The average molecular weight is 332 g/mol. The van der Waals surface area contributed by atoms with E-state index in [0.717, 1.165) is 21.7 Å². The van der Waals surface area contributed by atoms with Crippen molar-refractivity contribution in [1.82, 2.24) is 15.6 Å². The molecule has 0 aliphatic heterocycles. The Morgan fingerprint density at radius 1 is 1.22 bits per heavy atom. The number of halogens is 1. The molecule has 1 aromatic carbocycles. The van der Waals surface area contributed by atoms with Crippen LogP contribution in [0.5, 0.6) is 0 Å². The molecule has 6 heteroatoms. The zero-order chi connectivity index (χ0) is 16.7. The predicted octanol–water partition coefficient (Wildman–Crippen LogP) is 3.12. The SMILES string of the molecule is CN=C(NCc1ccc(C)nc1)NCc1cc(F)ccc1SC. The number of thioether (sulfide) groups is 1. The number of hydrogen-bond donors (Lipinski definition) is 2. The van der Waals surface area contributed by atoms with Crippen molar-refractivity contribution in [2.75, 3.05) is 13.3 Å². The van der Waals surface area contributed by atoms with Gasteiger partial charge in [-0.3, -0.25) is 9.98 Å². The van der Waals surface area contributed by atoms with E-state index in [2.05, 4.69) is 20.6 Å². The van der Waals surface area contributed by atoms with E-state index in [1.54, 1.807) is 30.9 Å². The van der Waals surface area contributed by atoms with Crippen molar-refractivity contribution in [2.24, 2.45) is 4.99 Å². The second kappa shape index (κ2) is 8.53. The topological polar surface area (TPSA) is 49.3 Å². The van der Waals surface area contributed by atoms with E-state index < -0.39 is 0 Å². The van der Waals surface area contributed by atoms with Gasteiger partial charge in [-0.25, -0.2) is 4.39 Å². The third-order valence-corrected chi connectivity index (χ3v) is 4.18. The molecule has 4 nitrogen and oxygen atoms in total. The maximum Gasteiger partial charge on any atom is 0.191 e. The van der Waals surface area contributed by atoms with Crippen molar-refractivity contribution in [3.63, 3.8) is 0 Å². The van der Waals surface area contributed by atoms with Crippen LogP contribution in [0.3, 0.4) is 0 Å². The Bertz CT molecular complexity index is 671. The van der Waals surface area contributed by atoms with Gasteiger partial charge in [-0.15, -0.1) is 11.8 Å². The minimum absolute atomic E-state index is 0.228. The maximum atomic E-state index is 13.4. The van der Waals surface area contributed by atoms with Gasteiger partial charge in [0.05, 0.1) is 0 Å². The molecule has 0 bridgehead atoms. The summed E-state index contributed by atoms with van der Waals surface area (Å²) in [5, 5.41) is 6.43. The van der Waals surface area contributed by atoms with E-state index in [4.69, 9.17) is 0 Å². The number of hydrogen-bond acceptors (Lipinski definition) is 3. The van der Waals surface area contributed by atoms with Gasteiger partial charge < -0.3 is 10.6 Å². The van der Waals surface area contributed by atoms with E-state index in [-0.39, 0.29) is 5.82 Å². The minimum Gasteiger partial charge on any atom is -0.352 e. The first kappa shape index (κ1) is 17.3. The number of rotatable bonds is 5. The number of aliphatic imine (C=N–C) groups is 1. The summed E-state index contributed by atoms with van der Waals surface area (Å²) in [6, 6.07) is 8.83. The lowest BCUT2D eigenvalue weighted by atomic mass is 10.2. The summed E-state index contributed by atoms with van der Waals surface area (Å²) in [5.41, 5.74) is 2.98. The smallest absolute Gasteiger partial charge is 0.191 e. The Morgan fingerprint density at radius 2 is 2.00 bits per heavy atom. The van der Waals surface area contributed by atoms with Crippen LogP contribution in [0, 0.1) is 12.7 Å². The molecule has 0 saturated heterocycles. The van der Waals surface area contributed by atoms with Crippen LogP contribution in [0.15, 0.2) is 46.4 Å². The van der Waals surface area contributed by atoms with Gasteiger partial charge in [-0.05, 0) is 48.6 Å². The van der Waals surface area contributed by atoms with Crippen LogP contribution in [-0.4, -0.2) is 24.2 Å². The number of aromatic nitrogens is 1. The van der Waals surface area contributed by atoms with Crippen LogP contribution < -0.4 is 10.6 Å². The fraction of sp³-hybridized carbons (Fsp3) is 0.294. The molecular formula is C17H21FN4S. The highest BCUT2D eigenvalue weighted by Crippen LogP contribution is 2.21. The molecule has 0 spiro atoms. The molecule has 1 aromatic heterocycles. The first-order valence-electron chi connectivity index (χ1n) is 7.31. The van der Waals surface area contributed by atoms with E-state index in [9.17, 15) is 4.39 Å². The second-order valence-electron chi connectivity index (χ2n) is 5.04. The van der Waals surface area contributed by atoms with E-state index in [0.29, 0.717) is 19.0 Å². The third-order valence-electron chi connectivity index (χ3n) is 3.34. The molecule has 2 aromatic rings. The number of aryl methyl sites for hydroxylation is 1. The fourth-order valence-corrected chi connectivity index (χ4v) is 2.67. The third kappa shape index (κ3) is 5.25. The summed E-state index contributed by atoms with van der Waals surface area (Å²) >= 11 is 1.60. The van der Waals surface area contributed by atoms with Crippen LogP contribution in [0.4, 0.5) is 4.39 Å². The maximum absolute atomic E-state index is 13.4. The molecule has 0 radical (unpaired) electrons. The zero-order valence-electron chi connectivity index (χ0n) is 13.6. The molecule has 0 aliphatic carbocycles. The normalized spacial score (nSPS) is 11.4. The predicted molar refractivity (Wildman–Crippen MR) is 94.2 cm³/mol. The number of benzene rings is 1. The van der Waals surface area contributed by atoms with Crippen molar-refractivity contribution >= 4 is 17.7 Å². The number of guanidine groups is 1. The van der Waals surface area contributed by atoms with Crippen LogP contribution in [0.1, 0.15) is 16.8 Å². The van der Waals surface area contributed by atoms with Gasteiger partial charge in [0.2, 0.25) is 0 Å². The summed E-state index contributed by atoms with van der Waals surface area (Å²) in [6.45, 7) is 3.10. The van der Waals surface area contributed by atoms with Gasteiger partial charge in [0, 0.05) is 36.9 Å². The lowest BCUT2D eigenvalue weighted by Crippen LogP contribution is -2.36. The highest BCUT2D eigenvalue weighted by Gasteiger charge is 2.05. The van der Waals surface area contributed by atoms with Gasteiger partial charge in [0.15, 0.2) is 5.96 Å². The van der Waals surface area contributed by atoms with Crippen molar-refractivity contribution in [1.29, 1.82) is 0 Å². The summed E-state index contributed by atoms with van der Waals surface area (Å²) in [5.74, 6) is 0.440. The van der Waals surface area contributed by atoms with Gasteiger partial charge >= 0.3 is 0 Å². The summed E-state index contributed by atoms with van der Waals surface area (Å²) in [7, 11) is 1.71. The Kier molecular flexibility index (Phi) is 6.40. The number of nitrogens with zero attached hydrogens (tertiary/aromatic N) is 2. The lowest BCUT2D eigenvalue weighted by Gasteiger charge is -2.13. The largest absolute Gasteiger partial charge is 0.352 e. The molecule has 0 unspecified atom stereocenters. The molecule has 2 rings (SSSR count). The minimum atomic E-state index is -0.228. The molecule has 2 N–H and O–H groups in total. The molecular weight excluding hydrogens is 311 g/mol. The molecule has 0 saturated carbocycles. The Morgan fingerprint density at radius 3 is 2.65 bits per heavy atom. The van der Waals surface area contributed by atoms with E-state index >= 15 is 0 Å². The standard InChI is InChI=1S/C17H21FN4S/c1-12-4-5-13(9-20-12)10-21-17(19-2)22-11-14-8-15(18)6-7-16(14)23-3/h4-9H,10-11H2,1-3H3,(H2,19,21,22). The van der Waals surface area contributed by atoms with Crippen molar-refractivity contribution in [3.05, 3.63) is 59.2 Å². The van der Waals surface area contributed by atoms with Crippen LogP contribution in [0.25, 0.3) is 0 Å². The Hall–Kier alpha value is -2.08. The molecule has 122 valence electrons. The Balaban J connectivity index is 1.93. The zero-order valence-corrected chi connectivity index (χ0v) is 14.4. The second-order valence-corrected chi connectivity index (χ2v) is 5.89. The Labute approximate surface area is 140 Å². The first-order valence-corrected chi connectivity index (χ1v) is 8.53. The average Bonchev–Trinajstić information content (AvgIpc) is 2.56. The quantitative estimate of drug-likeness (QED) is 0.502. The molecule has 0 atom stereocenters. The van der Waals surface area contributed by atoms with E-state index in [1.807, 2.05) is 31.5 Å². The van der Waals surface area contributed by atoms with Crippen LogP contribution >= 0.6 is 11.8 Å². The van der Waals surface area contributed by atoms with Crippen molar-refractivity contribution in [2.45, 2.75) is 24.9 Å². The summed E-state index contributed by atoms with van der Waals surface area (Å²) < 4.78 is 13.4. The highest BCUT2D eigenvalue weighted by molar-refractivity contribution is 7.98. The van der Waals surface area contributed by atoms with Crippen molar-refractivity contribution in [3.8, 4) is 0 Å². The van der Waals surface area contributed by atoms with E-state index in [1.165, 1.54) is 6.07 Å². The monoisotopic (exact) mass is 332 g/mol. The van der Waals surface area contributed by atoms with Gasteiger partial charge in [0.25, 0.3) is 0 Å². The van der Waals surface area contributed by atoms with Crippen LogP contribution in [-0.2, 0) is 13.1 Å². The van der Waals surface area contributed by atoms with Crippen LogP contribution in [0.2, 0.25) is 0 Å². The summed E-state index contributed by atoms with van der Waals surface area (Å²) in [6.07, 6.45) is 3.82. The van der Waals surface area contributed by atoms with Gasteiger partial charge in [0.1, 0.15) is 5.82 Å². The van der Waals surface area contributed by atoms with Gasteiger partial charge in [-0.1, -0.05) is 6.07 Å². The summed E-state index contributed by atoms with van der Waals surface area (Å²) in [4.78, 5) is 9.50. The van der Waals surface area contributed by atoms with Crippen molar-refractivity contribution < 1.29 is 4.39 Å². The molecule has 0 aliphatic rings. The molecule has 0 amide bonds.